The summed E-state index contributed by atoms with van der Waals surface area (Å²) in [5.41, 5.74) is 1.84. The predicted molar refractivity (Wildman–Crippen MR) is 96.7 cm³/mol. The first-order valence-electron chi connectivity index (χ1n) is 7.28. The highest BCUT2D eigenvalue weighted by atomic mass is 35.5. The number of hydrogen-bond acceptors (Lipinski definition) is 4. The molecule has 2 N–H and O–H groups in total. The van der Waals surface area contributed by atoms with Crippen molar-refractivity contribution in [3.63, 3.8) is 0 Å². The van der Waals surface area contributed by atoms with Gasteiger partial charge in [0.25, 0.3) is 5.91 Å². The monoisotopic (exact) mass is 359 g/mol. The summed E-state index contributed by atoms with van der Waals surface area (Å²) in [7, 11) is 0. The van der Waals surface area contributed by atoms with Gasteiger partial charge in [0.15, 0.2) is 0 Å². The number of carbonyl (C=O) groups excluding carboxylic acids is 2. The molecule has 2 amide bonds. The van der Waals surface area contributed by atoms with Crippen molar-refractivity contribution in [2.45, 2.75) is 6.42 Å². The van der Waals surface area contributed by atoms with Gasteiger partial charge in [-0.1, -0.05) is 17.7 Å². The zero-order chi connectivity index (χ0) is 16.9. The van der Waals surface area contributed by atoms with E-state index < -0.39 is 0 Å². The first-order chi connectivity index (χ1) is 11.6. The number of thiophene rings is 1. The Balaban J connectivity index is 1.60. The molecule has 24 heavy (non-hydrogen) atoms. The molecule has 0 spiro atoms. The van der Waals surface area contributed by atoms with Crippen LogP contribution in [0.25, 0.3) is 10.9 Å². The van der Waals surface area contributed by atoms with Crippen LogP contribution in [-0.4, -0.2) is 23.3 Å². The minimum Gasteiger partial charge on any atom is -0.351 e. The Bertz CT molecular complexity index is 881. The first-order valence-corrected chi connectivity index (χ1v) is 8.60. The van der Waals surface area contributed by atoms with Crippen LogP contribution in [-0.2, 0) is 4.79 Å². The number of carbonyl (C=O) groups is 2. The molecule has 2 heterocycles. The van der Waals surface area contributed by atoms with E-state index in [1.54, 1.807) is 29.8 Å². The lowest BCUT2D eigenvalue weighted by Gasteiger charge is -2.09. The maximum absolute atomic E-state index is 12.1. The summed E-state index contributed by atoms with van der Waals surface area (Å²) >= 11 is 7.53. The molecule has 0 radical (unpaired) electrons. The largest absolute Gasteiger partial charge is 0.351 e. The van der Waals surface area contributed by atoms with Crippen LogP contribution in [0.5, 0.6) is 0 Å². The SMILES string of the molecule is O=C(CCNC(=O)c1ccsc1)Nc1cc(Cl)cc2cccnc12. The second kappa shape index (κ2) is 7.42. The minimum atomic E-state index is -0.213. The van der Waals surface area contributed by atoms with Crippen LogP contribution in [0.4, 0.5) is 5.69 Å². The van der Waals surface area contributed by atoms with Gasteiger partial charge in [-0.25, -0.2) is 0 Å². The normalized spacial score (nSPS) is 10.5. The van der Waals surface area contributed by atoms with Crippen LogP contribution < -0.4 is 10.6 Å². The Morgan fingerprint density at radius 3 is 2.92 bits per heavy atom. The molecule has 7 heteroatoms. The average molecular weight is 360 g/mol. The van der Waals surface area contributed by atoms with Crippen LogP contribution in [0, 0.1) is 0 Å². The fourth-order valence-corrected chi connectivity index (χ4v) is 3.11. The molecular formula is C17H14ClN3O2S. The molecule has 122 valence electrons. The van der Waals surface area contributed by atoms with Crippen molar-refractivity contribution in [2.24, 2.45) is 0 Å². The van der Waals surface area contributed by atoms with E-state index in [1.807, 2.05) is 17.5 Å². The number of aromatic nitrogens is 1. The summed E-state index contributed by atoms with van der Waals surface area (Å²) < 4.78 is 0. The Hall–Kier alpha value is -2.44. The van der Waals surface area contributed by atoms with E-state index in [1.165, 1.54) is 11.3 Å². The third kappa shape index (κ3) is 3.90. The van der Waals surface area contributed by atoms with Crippen molar-refractivity contribution >= 4 is 51.3 Å². The maximum atomic E-state index is 12.1. The van der Waals surface area contributed by atoms with Crippen molar-refractivity contribution in [3.8, 4) is 0 Å². The summed E-state index contributed by atoms with van der Waals surface area (Å²) in [4.78, 5) is 28.2. The van der Waals surface area contributed by atoms with E-state index in [9.17, 15) is 9.59 Å². The van der Waals surface area contributed by atoms with Crippen molar-refractivity contribution in [2.75, 3.05) is 11.9 Å². The fraction of sp³-hybridized carbons (Fsp3) is 0.118. The van der Waals surface area contributed by atoms with E-state index in [-0.39, 0.29) is 24.8 Å². The van der Waals surface area contributed by atoms with Gasteiger partial charge in [0.05, 0.1) is 11.2 Å². The van der Waals surface area contributed by atoms with Gasteiger partial charge in [0.2, 0.25) is 5.91 Å². The van der Waals surface area contributed by atoms with Crippen molar-refractivity contribution in [1.29, 1.82) is 0 Å². The number of amides is 2. The molecular weight excluding hydrogens is 346 g/mol. The number of fused-ring (bicyclic) bond motifs is 1. The number of hydrogen-bond donors (Lipinski definition) is 2. The standard InChI is InChI=1S/C17H14ClN3O2S/c18-13-8-11-2-1-5-19-16(11)14(9-13)21-15(22)3-6-20-17(23)12-4-7-24-10-12/h1-2,4-5,7-10H,3,6H2,(H,20,23)(H,21,22). The minimum absolute atomic E-state index is 0.163. The molecule has 5 nitrogen and oxygen atoms in total. The number of nitrogens with zero attached hydrogens (tertiary/aromatic N) is 1. The zero-order valence-corrected chi connectivity index (χ0v) is 14.2. The molecule has 0 bridgehead atoms. The summed E-state index contributed by atoms with van der Waals surface area (Å²) in [5.74, 6) is -0.395. The molecule has 0 saturated heterocycles. The van der Waals surface area contributed by atoms with Crippen LogP contribution in [0.1, 0.15) is 16.8 Å². The molecule has 1 aromatic carbocycles. The van der Waals surface area contributed by atoms with Gasteiger partial charge in [-0.3, -0.25) is 14.6 Å². The van der Waals surface area contributed by atoms with Crippen LogP contribution in [0.15, 0.2) is 47.3 Å². The quantitative estimate of drug-likeness (QED) is 0.729. The molecule has 0 aliphatic rings. The molecule has 0 unspecified atom stereocenters. The highest BCUT2D eigenvalue weighted by Gasteiger charge is 2.10. The van der Waals surface area contributed by atoms with E-state index in [0.29, 0.717) is 21.8 Å². The van der Waals surface area contributed by atoms with Gasteiger partial charge < -0.3 is 10.6 Å². The fourth-order valence-electron chi connectivity index (χ4n) is 2.25. The molecule has 0 atom stereocenters. The molecule has 0 aliphatic carbocycles. The van der Waals surface area contributed by atoms with E-state index in [0.717, 1.165) is 5.39 Å². The molecule has 0 fully saturated rings. The van der Waals surface area contributed by atoms with Crippen LogP contribution >= 0.6 is 22.9 Å². The van der Waals surface area contributed by atoms with E-state index >= 15 is 0 Å². The Morgan fingerprint density at radius 2 is 2.12 bits per heavy atom. The zero-order valence-electron chi connectivity index (χ0n) is 12.6. The van der Waals surface area contributed by atoms with Crippen molar-refractivity contribution in [3.05, 3.63) is 57.9 Å². The summed E-state index contributed by atoms with van der Waals surface area (Å²) in [6.07, 6.45) is 1.82. The topological polar surface area (TPSA) is 71.1 Å². The number of pyridine rings is 1. The van der Waals surface area contributed by atoms with Gasteiger partial charge in [0, 0.05) is 40.5 Å². The predicted octanol–water partition coefficient (Wildman–Crippen LogP) is 3.71. The van der Waals surface area contributed by atoms with Gasteiger partial charge in [-0.05, 0) is 29.6 Å². The average Bonchev–Trinajstić information content (AvgIpc) is 3.09. The van der Waals surface area contributed by atoms with Crippen molar-refractivity contribution < 1.29 is 9.59 Å². The lowest BCUT2D eigenvalue weighted by atomic mass is 10.2. The van der Waals surface area contributed by atoms with E-state index in [2.05, 4.69) is 15.6 Å². The Labute approximate surface area is 147 Å². The molecule has 3 rings (SSSR count). The molecule has 0 aliphatic heterocycles. The number of benzene rings is 1. The van der Waals surface area contributed by atoms with E-state index in [4.69, 9.17) is 11.6 Å². The van der Waals surface area contributed by atoms with Crippen molar-refractivity contribution in [1.82, 2.24) is 10.3 Å². The van der Waals surface area contributed by atoms with Gasteiger partial charge in [-0.2, -0.15) is 11.3 Å². The van der Waals surface area contributed by atoms with Gasteiger partial charge in [-0.15, -0.1) is 0 Å². The second-order valence-corrected chi connectivity index (χ2v) is 6.31. The number of rotatable bonds is 5. The molecule has 2 aromatic heterocycles. The van der Waals surface area contributed by atoms with Crippen LogP contribution in [0.2, 0.25) is 5.02 Å². The number of anilines is 1. The highest BCUT2D eigenvalue weighted by molar-refractivity contribution is 7.08. The second-order valence-electron chi connectivity index (χ2n) is 5.09. The number of nitrogens with one attached hydrogen (secondary N) is 2. The Kier molecular flexibility index (Phi) is 5.08. The molecule has 3 aromatic rings. The third-order valence-electron chi connectivity index (χ3n) is 3.36. The Morgan fingerprint density at radius 1 is 1.25 bits per heavy atom. The third-order valence-corrected chi connectivity index (χ3v) is 4.27. The molecule has 0 saturated carbocycles. The highest BCUT2D eigenvalue weighted by Crippen LogP contribution is 2.26. The number of halogens is 1. The lowest BCUT2D eigenvalue weighted by Crippen LogP contribution is -2.27. The summed E-state index contributed by atoms with van der Waals surface area (Å²) in [6, 6.07) is 8.89. The summed E-state index contributed by atoms with van der Waals surface area (Å²) in [5, 5.41) is 10.5. The smallest absolute Gasteiger partial charge is 0.252 e. The first kappa shape index (κ1) is 16.4. The lowest BCUT2D eigenvalue weighted by molar-refractivity contribution is -0.116. The van der Waals surface area contributed by atoms with Gasteiger partial charge >= 0.3 is 0 Å². The van der Waals surface area contributed by atoms with Crippen LogP contribution in [0.3, 0.4) is 0 Å². The maximum Gasteiger partial charge on any atom is 0.252 e. The summed E-state index contributed by atoms with van der Waals surface area (Å²) in [6.45, 7) is 0.256. The van der Waals surface area contributed by atoms with Gasteiger partial charge in [0.1, 0.15) is 0 Å².